The fourth-order valence-corrected chi connectivity index (χ4v) is 4.85. The molecule has 0 N–H and O–H groups in total. The van der Waals surface area contributed by atoms with Gasteiger partial charge in [-0.15, -0.1) is 0 Å². The van der Waals surface area contributed by atoms with Crippen molar-refractivity contribution in [2.75, 3.05) is 0 Å². The highest BCUT2D eigenvalue weighted by atomic mass is 19.1. The number of fused-ring (bicyclic) bond motifs is 3. The van der Waals surface area contributed by atoms with Crippen LogP contribution in [0.5, 0.6) is 0 Å². The monoisotopic (exact) mass is 442 g/mol. The summed E-state index contributed by atoms with van der Waals surface area (Å²) in [5.41, 5.74) is 7.07. The maximum atomic E-state index is 15.1. The van der Waals surface area contributed by atoms with E-state index in [9.17, 15) is 0 Å². The summed E-state index contributed by atoms with van der Waals surface area (Å²) in [4.78, 5) is 0. The van der Waals surface area contributed by atoms with Crippen molar-refractivity contribution in [3.05, 3.63) is 89.1 Å². The van der Waals surface area contributed by atoms with Gasteiger partial charge in [0.1, 0.15) is 29.8 Å². The minimum Gasteiger partial charge on any atom is -0.454 e. The summed E-state index contributed by atoms with van der Waals surface area (Å²) in [5.74, 6) is -0.850. The smallest absolute Gasteiger partial charge is 0.216 e. The lowest BCUT2D eigenvalue weighted by molar-refractivity contribution is -0.660. The molecule has 0 fully saturated rings. The molecule has 0 aliphatic carbocycles. The zero-order valence-electron chi connectivity index (χ0n) is 19.5. The Morgan fingerprint density at radius 3 is 2.24 bits per heavy atom. The lowest BCUT2D eigenvalue weighted by Crippen LogP contribution is -2.32. The predicted molar refractivity (Wildman–Crippen MR) is 129 cm³/mol. The first-order valence-electron chi connectivity index (χ1n) is 11.2. The highest BCUT2D eigenvalue weighted by Gasteiger charge is 2.26. The van der Waals surface area contributed by atoms with Crippen LogP contribution in [0.25, 0.3) is 44.3 Å². The minimum absolute atomic E-state index is 0.235. The second kappa shape index (κ2) is 7.80. The number of aromatic nitrogens is 1. The predicted octanol–water partition coefficient (Wildman–Crippen LogP) is 7.76. The number of nitrogens with zero attached hydrogens (tertiary/aromatic N) is 1. The molecule has 3 aromatic carbocycles. The quantitative estimate of drug-likeness (QED) is 0.261. The number of benzene rings is 3. The number of halogens is 2. The first-order chi connectivity index (χ1) is 15.8. The molecular formula is C29H26F2NO+. The molecule has 0 spiro atoms. The van der Waals surface area contributed by atoms with Gasteiger partial charge in [0.2, 0.25) is 5.69 Å². The van der Waals surface area contributed by atoms with Crippen LogP contribution >= 0.6 is 0 Å². The summed E-state index contributed by atoms with van der Waals surface area (Å²) in [5, 5.41) is 0.954. The maximum absolute atomic E-state index is 15.1. The van der Waals surface area contributed by atoms with Crippen molar-refractivity contribution >= 4 is 21.9 Å². The van der Waals surface area contributed by atoms with Gasteiger partial charge in [-0.2, -0.15) is 0 Å². The number of rotatable bonds is 3. The van der Waals surface area contributed by atoms with Crippen LogP contribution in [0.1, 0.15) is 36.5 Å². The topological polar surface area (TPSA) is 17.0 Å². The van der Waals surface area contributed by atoms with E-state index >= 15 is 8.78 Å². The van der Waals surface area contributed by atoms with Crippen molar-refractivity contribution in [2.24, 2.45) is 7.05 Å². The molecule has 0 amide bonds. The normalized spacial score (nSPS) is 11.8. The van der Waals surface area contributed by atoms with Crippen LogP contribution in [0.4, 0.5) is 8.78 Å². The summed E-state index contributed by atoms with van der Waals surface area (Å²) >= 11 is 0. The van der Waals surface area contributed by atoms with Crippen LogP contribution in [-0.4, -0.2) is 0 Å². The molecule has 0 radical (unpaired) electrons. The molecule has 5 rings (SSSR count). The molecule has 0 saturated carbocycles. The lowest BCUT2D eigenvalue weighted by atomic mass is 9.95. The maximum Gasteiger partial charge on any atom is 0.216 e. The van der Waals surface area contributed by atoms with Gasteiger partial charge in [-0.25, -0.2) is 13.3 Å². The molecule has 2 nitrogen and oxygen atoms in total. The van der Waals surface area contributed by atoms with Crippen molar-refractivity contribution in [2.45, 2.75) is 33.6 Å². The van der Waals surface area contributed by atoms with Crippen LogP contribution in [0.2, 0.25) is 0 Å². The molecule has 0 saturated heterocycles. The van der Waals surface area contributed by atoms with Crippen LogP contribution < -0.4 is 4.57 Å². The number of hydrogen-bond acceptors (Lipinski definition) is 1. The van der Waals surface area contributed by atoms with Gasteiger partial charge in [-0.3, -0.25) is 0 Å². The third-order valence-corrected chi connectivity index (χ3v) is 6.49. The van der Waals surface area contributed by atoms with E-state index in [1.165, 1.54) is 11.1 Å². The number of hydrogen-bond donors (Lipinski definition) is 0. The number of pyridine rings is 1. The Kier molecular flexibility index (Phi) is 5.04. The number of aryl methyl sites for hydroxylation is 3. The summed E-state index contributed by atoms with van der Waals surface area (Å²) in [6.45, 7) is 8.48. The van der Waals surface area contributed by atoms with E-state index in [4.69, 9.17) is 4.42 Å². The SMILES string of the molecule is Cc1cc(-c2c(C)ccc3c2oc2c(-c4ccccc4)c(F)cc(F)c23)[n+](C)cc1C(C)C. The zero-order chi connectivity index (χ0) is 23.4. The summed E-state index contributed by atoms with van der Waals surface area (Å²) in [6, 6.07) is 16.1. The average Bonchev–Trinajstić information content (AvgIpc) is 3.15. The van der Waals surface area contributed by atoms with Gasteiger partial charge in [0.15, 0.2) is 6.20 Å². The molecule has 0 aliphatic rings. The van der Waals surface area contributed by atoms with Crippen LogP contribution in [0.15, 0.2) is 65.2 Å². The van der Waals surface area contributed by atoms with E-state index in [-0.39, 0.29) is 11.1 Å². The molecule has 5 aromatic rings. The van der Waals surface area contributed by atoms with Crippen molar-refractivity contribution < 1.29 is 17.8 Å². The Morgan fingerprint density at radius 1 is 0.818 bits per heavy atom. The van der Waals surface area contributed by atoms with Gasteiger partial charge >= 0.3 is 0 Å². The van der Waals surface area contributed by atoms with Crippen molar-refractivity contribution in [3.63, 3.8) is 0 Å². The molecule has 0 unspecified atom stereocenters. The van der Waals surface area contributed by atoms with Gasteiger partial charge in [-0.1, -0.05) is 56.3 Å². The van der Waals surface area contributed by atoms with Gasteiger partial charge in [0, 0.05) is 23.1 Å². The second-order valence-corrected chi connectivity index (χ2v) is 9.08. The Balaban J connectivity index is 1.89. The molecule has 4 heteroatoms. The van der Waals surface area contributed by atoms with Crippen molar-refractivity contribution in [1.82, 2.24) is 0 Å². The van der Waals surface area contributed by atoms with Gasteiger partial charge in [0.05, 0.1) is 16.5 Å². The Bertz CT molecular complexity index is 1530. The summed E-state index contributed by atoms with van der Waals surface area (Å²) in [7, 11) is 2.01. The van der Waals surface area contributed by atoms with E-state index in [0.29, 0.717) is 27.8 Å². The third-order valence-electron chi connectivity index (χ3n) is 6.49. The summed E-state index contributed by atoms with van der Waals surface area (Å²) in [6.07, 6.45) is 2.14. The van der Waals surface area contributed by atoms with Gasteiger partial charge in [0.25, 0.3) is 0 Å². The zero-order valence-corrected chi connectivity index (χ0v) is 19.5. The van der Waals surface area contributed by atoms with Crippen LogP contribution in [-0.2, 0) is 7.05 Å². The van der Waals surface area contributed by atoms with Gasteiger partial charge < -0.3 is 4.42 Å². The Labute approximate surface area is 192 Å². The van der Waals surface area contributed by atoms with Crippen molar-refractivity contribution in [3.8, 4) is 22.4 Å². The van der Waals surface area contributed by atoms with E-state index in [2.05, 4.69) is 37.6 Å². The lowest BCUT2D eigenvalue weighted by Gasteiger charge is -2.11. The molecule has 0 atom stereocenters. The second-order valence-electron chi connectivity index (χ2n) is 9.08. The molecule has 0 aliphatic heterocycles. The van der Waals surface area contributed by atoms with E-state index < -0.39 is 11.6 Å². The first kappa shape index (κ1) is 21.3. The van der Waals surface area contributed by atoms with Crippen LogP contribution in [0.3, 0.4) is 0 Å². The largest absolute Gasteiger partial charge is 0.454 e. The molecule has 166 valence electrons. The van der Waals surface area contributed by atoms with Crippen molar-refractivity contribution in [1.29, 1.82) is 0 Å². The van der Waals surface area contributed by atoms with E-state index in [1.807, 2.05) is 56.4 Å². The van der Waals surface area contributed by atoms with E-state index in [1.54, 1.807) is 0 Å². The first-order valence-corrected chi connectivity index (χ1v) is 11.2. The Morgan fingerprint density at radius 2 is 1.55 bits per heavy atom. The molecule has 2 heterocycles. The summed E-state index contributed by atoms with van der Waals surface area (Å²) < 4.78 is 38.6. The highest BCUT2D eigenvalue weighted by Crippen LogP contribution is 2.42. The Hall–Kier alpha value is -3.53. The average molecular weight is 443 g/mol. The molecular weight excluding hydrogens is 416 g/mol. The molecule has 0 bridgehead atoms. The fourth-order valence-electron chi connectivity index (χ4n) is 4.85. The minimum atomic E-state index is -0.633. The standard InChI is InChI=1S/C29H26F2NO/c1-16(2)21-15-32(5)24(13-18(21)4)25-17(3)11-12-20-27-23(31)14-22(30)26(29(27)33-28(20)25)19-9-7-6-8-10-19/h6-16H,1-5H3/q+1. The number of furan rings is 1. The molecule has 33 heavy (non-hydrogen) atoms. The highest BCUT2D eigenvalue weighted by molar-refractivity contribution is 6.13. The fraction of sp³-hybridized carbons (Fsp3) is 0.207. The molecule has 2 aromatic heterocycles. The van der Waals surface area contributed by atoms with E-state index in [0.717, 1.165) is 22.9 Å². The van der Waals surface area contributed by atoms with Crippen LogP contribution in [0, 0.1) is 25.5 Å². The third kappa shape index (κ3) is 3.32. The van der Waals surface area contributed by atoms with Gasteiger partial charge in [-0.05, 0) is 36.5 Å².